The van der Waals surface area contributed by atoms with Gasteiger partial charge in [-0.1, -0.05) is 42.8 Å². The monoisotopic (exact) mass is 529 g/mol. The van der Waals surface area contributed by atoms with Crippen LogP contribution in [0.3, 0.4) is 0 Å². The van der Waals surface area contributed by atoms with Crippen molar-refractivity contribution in [3.05, 3.63) is 102 Å². The molecule has 7 heteroatoms. The SMILES string of the molecule is COc1ccc2cc(N3c4ccc(/C=C5\C(=O)N(c6ccccc6)N=C5C(=O)O)cc4C4CCCC43)ccc2c1. The topological polar surface area (TPSA) is 82.4 Å². The second kappa shape index (κ2) is 9.38. The minimum absolute atomic E-state index is 0.0825. The van der Waals surface area contributed by atoms with Gasteiger partial charge in [-0.2, -0.15) is 10.1 Å². The van der Waals surface area contributed by atoms with Crippen molar-refractivity contribution >= 4 is 51.5 Å². The molecule has 0 aromatic heterocycles. The van der Waals surface area contributed by atoms with Crippen molar-refractivity contribution in [2.45, 2.75) is 31.2 Å². The number of nitrogens with zero attached hydrogens (tertiary/aromatic N) is 3. The van der Waals surface area contributed by atoms with Gasteiger partial charge in [0.05, 0.1) is 18.4 Å². The van der Waals surface area contributed by atoms with Gasteiger partial charge in [-0.25, -0.2) is 4.79 Å². The molecule has 0 radical (unpaired) electrons. The zero-order chi connectivity index (χ0) is 27.4. The van der Waals surface area contributed by atoms with Gasteiger partial charge in [-0.3, -0.25) is 4.79 Å². The molecule has 4 aromatic carbocycles. The number of fused-ring (bicyclic) bond motifs is 4. The molecule has 1 aliphatic carbocycles. The molecule has 1 fully saturated rings. The summed E-state index contributed by atoms with van der Waals surface area (Å²) in [6.45, 7) is 0. The van der Waals surface area contributed by atoms with Crippen molar-refractivity contribution in [2.24, 2.45) is 5.10 Å². The number of hydrazone groups is 1. The Bertz CT molecular complexity index is 1740. The van der Waals surface area contributed by atoms with E-state index in [-0.39, 0.29) is 11.3 Å². The molecule has 3 aliphatic rings. The van der Waals surface area contributed by atoms with Gasteiger partial charge in [-0.05, 0) is 89.3 Å². The maximum atomic E-state index is 13.3. The summed E-state index contributed by atoms with van der Waals surface area (Å²) in [7, 11) is 1.68. The standard InChI is InChI=1S/C33H27N3O4/c1-40-25-14-12-21-18-24(13-11-22(21)19-25)35-29-9-5-8-26(29)27-16-20(10-15-30(27)35)17-28-31(33(38)39)34-36(32(28)37)23-6-3-2-4-7-23/h2-4,6-7,10-19,26,29H,5,8-9H2,1H3,(H,38,39)/b28-17-. The van der Waals surface area contributed by atoms with E-state index in [9.17, 15) is 14.7 Å². The van der Waals surface area contributed by atoms with Crippen molar-refractivity contribution in [3.63, 3.8) is 0 Å². The van der Waals surface area contributed by atoms with Crippen molar-refractivity contribution in [1.29, 1.82) is 0 Å². The lowest BCUT2D eigenvalue weighted by molar-refractivity contribution is -0.129. The van der Waals surface area contributed by atoms with E-state index < -0.39 is 11.9 Å². The first-order chi connectivity index (χ1) is 19.5. The first kappa shape index (κ1) is 24.2. The smallest absolute Gasteiger partial charge is 0.357 e. The lowest BCUT2D eigenvalue weighted by Crippen LogP contribution is -2.26. The van der Waals surface area contributed by atoms with Gasteiger partial charge in [-0.15, -0.1) is 0 Å². The summed E-state index contributed by atoms with van der Waals surface area (Å²) in [5, 5.41) is 17.4. The Morgan fingerprint density at radius 1 is 0.950 bits per heavy atom. The highest BCUT2D eigenvalue weighted by Gasteiger charge is 2.42. The van der Waals surface area contributed by atoms with Crippen LogP contribution in [0.15, 0.2) is 95.6 Å². The molecule has 7 rings (SSSR count). The average Bonchev–Trinajstić information content (AvgIpc) is 3.66. The fourth-order valence-corrected chi connectivity index (χ4v) is 6.40. The Morgan fingerprint density at radius 2 is 1.75 bits per heavy atom. The number of carboxylic acids is 1. The Kier molecular flexibility index (Phi) is 5.66. The van der Waals surface area contributed by atoms with E-state index in [4.69, 9.17) is 4.74 Å². The van der Waals surface area contributed by atoms with Crippen LogP contribution >= 0.6 is 0 Å². The number of ether oxygens (including phenoxy) is 1. The highest BCUT2D eigenvalue weighted by atomic mass is 16.5. The Hall–Kier alpha value is -4.91. The molecule has 1 saturated carbocycles. The number of rotatable bonds is 5. The van der Waals surface area contributed by atoms with Crippen LogP contribution in [0.5, 0.6) is 5.75 Å². The van der Waals surface area contributed by atoms with Gasteiger partial charge in [0.15, 0.2) is 5.71 Å². The first-order valence-electron chi connectivity index (χ1n) is 13.5. The van der Waals surface area contributed by atoms with Crippen LogP contribution in [0.4, 0.5) is 17.1 Å². The number of carboxylic acid groups (broad SMARTS) is 1. The van der Waals surface area contributed by atoms with Crippen LogP contribution in [0.1, 0.15) is 36.3 Å². The van der Waals surface area contributed by atoms with E-state index in [2.05, 4.69) is 46.4 Å². The van der Waals surface area contributed by atoms with Gasteiger partial charge in [0.1, 0.15) is 5.75 Å². The third-order valence-electron chi connectivity index (χ3n) is 8.22. The summed E-state index contributed by atoms with van der Waals surface area (Å²) in [5.74, 6) is -0.451. The first-order valence-corrected chi connectivity index (χ1v) is 13.5. The number of carbonyl (C=O) groups is 2. The van der Waals surface area contributed by atoms with Gasteiger partial charge in [0.25, 0.3) is 5.91 Å². The molecular weight excluding hydrogens is 502 g/mol. The molecule has 7 nitrogen and oxygen atoms in total. The van der Waals surface area contributed by atoms with E-state index >= 15 is 0 Å². The molecule has 2 aliphatic heterocycles. The van der Waals surface area contributed by atoms with Gasteiger partial charge in [0.2, 0.25) is 0 Å². The number of amides is 1. The van der Waals surface area contributed by atoms with Crippen LogP contribution in [0.2, 0.25) is 0 Å². The predicted octanol–water partition coefficient (Wildman–Crippen LogP) is 6.51. The molecular formula is C33H27N3O4. The quantitative estimate of drug-likeness (QED) is 0.298. The number of anilines is 3. The summed E-state index contributed by atoms with van der Waals surface area (Å²) in [5.41, 5.74) is 4.73. The minimum Gasteiger partial charge on any atom is -0.497 e. The number of carbonyl (C=O) groups excluding carboxylic acids is 1. The third-order valence-corrected chi connectivity index (χ3v) is 8.22. The molecule has 40 heavy (non-hydrogen) atoms. The van der Waals surface area contributed by atoms with E-state index in [1.54, 1.807) is 37.5 Å². The molecule has 0 bridgehead atoms. The summed E-state index contributed by atoms with van der Waals surface area (Å²) in [4.78, 5) is 27.8. The Balaban J connectivity index is 1.26. The molecule has 198 valence electrons. The summed E-state index contributed by atoms with van der Waals surface area (Å²) in [6.07, 6.45) is 5.02. The predicted molar refractivity (Wildman–Crippen MR) is 156 cm³/mol. The minimum atomic E-state index is -1.23. The zero-order valence-electron chi connectivity index (χ0n) is 21.9. The van der Waals surface area contributed by atoms with E-state index in [0.717, 1.165) is 52.0 Å². The lowest BCUT2D eigenvalue weighted by Gasteiger charge is -2.27. The summed E-state index contributed by atoms with van der Waals surface area (Å²) in [6, 6.07) is 28.1. The van der Waals surface area contributed by atoms with Crippen LogP contribution in [0.25, 0.3) is 16.8 Å². The Morgan fingerprint density at radius 3 is 2.55 bits per heavy atom. The fraction of sp³-hybridized carbons (Fsp3) is 0.182. The Labute approximate surface area is 231 Å². The molecule has 2 heterocycles. The number of benzene rings is 4. The average molecular weight is 530 g/mol. The van der Waals surface area contributed by atoms with Crippen molar-refractivity contribution in [3.8, 4) is 5.75 Å². The maximum Gasteiger partial charge on any atom is 0.357 e. The van der Waals surface area contributed by atoms with Crippen molar-refractivity contribution in [2.75, 3.05) is 17.0 Å². The molecule has 2 unspecified atom stereocenters. The number of methoxy groups -OCH3 is 1. The van der Waals surface area contributed by atoms with Gasteiger partial charge in [0, 0.05) is 23.3 Å². The van der Waals surface area contributed by atoms with Crippen LogP contribution in [-0.2, 0) is 9.59 Å². The van der Waals surface area contributed by atoms with E-state index in [1.807, 2.05) is 24.3 Å². The molecule has 0 spiro atoms. The van der Waals surface area contributed by atoms with Gasteiger partial charge >= 0.3 is 5.97 Å². The second-order valence-corrected chi connectivity index (χ2v) is 10.5. The van der Waals surface area contributed by atoms with Crippen molar-refractivity contribution < 1.29 is 19.4 Å². The molecule has 4 aromatic rings. The molecule has 2 atom stereocenters. The van der Waals surface area contributed by atoms with Crippen LogP contribution < -0.4 is 14.6 Å². The maximum absolute atomic E-state index is 13.3. The summed E-state index contributed by atoms with van der Waals surface area (Å²) >= 11 is 0. The molecule has 1 N–H and O–H groups in total. The third kappa shape index (κ3) is 3.85. The number of para-hydroxylation sites is 1. The summed E-state index contributed by atoms with van der Waals surface area (Å²) < 4.78 is 5.39. The number of aliphatic carboxylic acids is 1. The fourth-order valence-electron chi connectivity index (χ4n) is 6.40. The largest absolute Gasteiger partial charge is 0.497 e. The zero-order valence-corrected chi connectivity index (χ0v) is 21.9. The van der Waals surface area contributed by atoms with Gasteiger partial charge < -0.3 is 14.7 Å². The number of hydrogen-bond acceptors (Lipinski definition) is 5. The highest BCUT2D eigenvalue weighted by molar-refractivity contribution is 6.53. The second-order valence-electron chi connectivity index (χ2n) is 10.5. The normalized spacial score (nSPS) is 20.7. The number of hydrogen-bond donors (Lipinski definition) is 1. The molecule has 1 amide bonds. The van der Waals surface area contributed by atoms with Crippen LogP contribution in [0, 0.1) is 0 Å². The van der Waals surface area contributed by atoms with E-state index in [0.29, 0.717) is 17.6 Å². The molecule has 0 saturated heterocycles. The lowest BCUT2D eigenvalue weighted by atomic mass is 9.95. The van der Waals surface area contributed by atoms with E-state index in [1.165, 1.54) is 11.3 Å². The van der Waals surface area contributed by atoms with Crippen LogP contribution in [-0.4, -0.2) is 35.8 Å². The van der Waals surface area contributed by atoms with Crippen molar-refractivity contribution in [1.82, 2.24) is 0 Å². The highest BCUT2D eigenvalue weighted by Crippen LogP contribution is 2.52.